The maximum Gasteiger partial charge on any atom is 0.410 e. The van der Waals surface area contributed by atoms with Crippen molar-refractivity contribution in [2.75, 3.05) is 36.4 Å². The van der Waals surface area contributed by atoms with Crippen LogP contribution in [0.15, 0.2) is 71.5 Å². The van der Waals surface area contributed by atoms with Gasteiger partial charge in [0.15, 0.2) is 5.76 Å². The Morgan fingerprint density at radius 1 is 1.00 bits per heavy atom. The third-order valence-electron chi connectivity index (χ3n) is 5.03. The van der Waals surface area contributed by atoms with E-state index in [1.807, 2.05) is 36.4 Å². The number of hydrogen-bond acceptors (Lipinski definition) is 6. The van der Waals surface area contributed by atoms with Gasteiger partial charge in [-0.15, -0.1) is 0 Å². The van der Waals surface area contributed by atoms with Gasteiger partial charge in [-0.2, -0.15) is 0 Å². The molecule has 0 atom stereocenters. The van der Waals surface area contributed by atoms with Crippen molar-refractivity contribution in [3.63, 3.8) is 0 Å². The van der Waals surface area contributed by atoms with Gasteiger partial charge >= 0.3 is 6.09 Å². The van der Waals surface area contributed by atoms with Gasteiger partial charge in [-0.25, -0.2) is 9.78 Å². The minimum absolute atomic E-state index is 0.246. The summed E-state index contributed by atoms with van der Waals surface area (Å²) in [5.41, 5.74) is 1.56. The Balaban J connectivity index is 1.29. The van der Waals surface area contributed by atoms with Crippen LogP contribution in [0.4, 0.5) is 16.3 Å². The Morgan fingerprint density at radius 2 is 1.87 bits per heavy atom. The highest BCUT2D eigenvalue weighted by molar-refractivity contribution is 6.02. The molecule has 8 nitrogen and oxygen atoms in total. The number of nitrogens with zero attached hydrogens (tertiary/aromatic N) is 3. The van der Waals surface area contributed by atoms with Crippen molar-refractivity contribution in [3.05, 3.63) is 78.4 Å². The first-order valence-electron chi connectivity index (χ1n) is 10.2. The Hall–Kier alpha value is -3.81. The Kier molecular flexibility index (Phi) is 6.47. The fourth-order valence-corrected chi connectivity index (χ4v) is 3.39. The largest absolute Gasteiger partial charge is 0.459 e. The van der Waals surface area contributed by atoms with Crippen LogP contribution in [0.3, 0.4) is 0 Å². The van der Waals surface area contributed by atoms with Crippen LogP contribution >= 0.6 is 0 Å². The normalized spacial score (nSPS) is 14.1. The monoisotopic (exact) mass is 420 g/mol. The quantitative estimate of drug-likeness (QED) is 0.676. The fourth-order valence-electron chi connectivity index (χ4n) is 3.39. The second-order valence-electron chi connectivity index (χ2n) is 7.20. The molecule has 1 fully saturated rings. The van der Waals surface area contributed by atoms with E-state index in [4.69, 9.17) is 9.15 Å². The van der Waals surface area contributed by atoms with E-state index >= 15 is 0 Å². The lowest BCUT2D eigenvalue weighted by Gasteiger charge is -2.22. The van der Waals surface area contributed by atoms with E-state index in [2.05, 4.69) is 15.2 Å². The molecule has 0 bridgehead atoms. The summed E-state index contributed by atoms with van der Waals surface area (Å²) in [6, 6.07) is 16.6. The van der Waals surface area contributed by atoms with Gasteiger partial charge in [0, 0.05) is 26.2 Å². The average molecular weight is 420 g/mol. The van der Waals surface area contributed by atoms with Crippen molar-refractivity contribution in [3.8, 4) is 0 Å². The number of anilines is 2. The van der Waals surface area contributed by atoms with E-state index in [1.54, 1.807) is 29.3 Å². The smallest absolute Gasteiger partial charge is 0.410 e. The van der Waals surface area contributed by atoms with Gasteiger partial charge in [0.1, 0.15) is 12.4 Å². The summed E-state index contributed by atoms with van der Waals surface area (Å²) in [5, 5.41) is 2.75. The van der Waals surface area contributed by atoms with E-state index in [0.717, 1.165) is 24.3 Å². The molecule has 160 valence electrons. The molecular weight excluding hydrogens is 396 g/mol. The van der Waals surface area contributed by atoms with Gasteiger partial charge in [0.2, 0.25) is 0 Å². The minimum atomic E-state index is -0.320. The third kappa shape index (κ3) is 5.42. The van der Waals surface area contributed by atoms with E-state index < -0.39 is 0 Å². The Labute approximate surface area is 180 Å². The zero-order chi connectivity index (χ0) is 21.5. The number of nitrogens with one attached hydrogen (secondary N) is 1. The molecule has 1 N–H and O–H groups in total. The summed E-state index contributed by atoms with van der Waals surface area (Å²) < 4.78 is 10.5. The van der Waals surface area contributed by atoms with Crippen LogP contribution < -0.4 is 10.2 Å². The van der Waals surface area contributed by atoms with Gasteiger partial charge in [-0.05, 0) is 36.2 Å². The first-order valence-corrected chi connectivity index (χ1v) is 10.2. The van der Waals surface area contributed by atoms with Crippen LogP contribution in [0.25, 0.3) is 0 Å². The molecule has 1 saturated heterocycles. The highest BCUT2D eigenvalue weighted by atomic mass is 16.6. The van der Waals surface area contributed by atoms with Gasteiger partial charge < -0.3 is 24.3 Å². The average Bonchev–Trinajstić information content (AvgIpc) is 3.24. The predicted octanol–water partition coefficient (Wildman–Crippen LogP) is 3.78. The number of carbonyl (C=O) groups excluding carboxylic acids is 2. The molecule has 0 spiro atoms. The molecule has 8 heteroatoms. The van der Waals surface area contributed by atoms with E-state index in [9.17, 15) is 9.59 Å². The Morgan fingerprint density at radius 3 is 2.61 bits per heavy atom. The van der Waals surface area contributed by atoms with Crippen molar-refractivity contribution in [1.29, 1.82) is 0 Å². The molecular formula is C23H24N4O4. The number of pyridine rings is 1. The van der Waals surface area contributed by atoms with Gasteiger partial charge in [-0.1, -0.05) is 30.3 Å². The summed E-state index contributed by atoms with van der Waals surface area (Å²) in [4.78, 5) is 32.8. The highest BCUT2D eigenvalue weighted by Crippen LogP contribution is 2.17. The summed E-state index contributed by atoms with van der Waals surface area (Å²) >= 11 is 0. The molecule has 1 aliphatic heterocycles. The van der Waals surface area contributed by atoms with Crippen molar-refractivity contribution < 1.29 is 18.7 Å². The second-order valence-corrected chi connectivity index (χ2v) is 7.20. The molecule has 1 aliphatic rings. The lowest BCUT2D eigenvalue weighted by atomic mass is 10.2. The number of furan rings is 1. The highest BCUT2D eigenvalue weighted by Gasteiger charge is 2.21. The predicted molar refractivity (Wildman–Crippen MR) is 116 cm³/mol. The zero-order valence-corrected chi connectivity index (χ0v) is 17.1. The zero-order valence-electron chi connectivity index (χ0n) is 17.1. The molecule has 0 radical (unpaired) electrons. The van der Waals surface area contributed by atoms with Gasteiger partial charge in [0.25, 0.3) is 5.91 Å². The number of rotatable bonds is 5. The number of aromatic nitrogens is 1. The molecule has 3 heterocycles. The van der Waals surface area contributed by atoms with Crippen LogP contribution in [-0.2, 0) is 11.3 Å². The molecule has 31 heavy (non-hydrogen) atoms. The van der Waals surface area contributed by atoms with Crippen molar-refractivity contribution in [1.82, 2.24) is 9.88 Å². The van der Waals surface area contributed by atoms with Crippen LogP contribution in [0.5, 0.6) is 0 Å². The Bertz CT molecular complexity index is 990. The molecule has 0 unspecified atom stereocenters. The maximum atomic E-state index is 12.4. The summed E-state index contributed by atoms with van der Waals surface area (Å²) in [5.74, 6) is 0.727. The van der Waals surface area contributed by atoms with Crippen molar-refractivity contribution in [2.24, 2.45) is 0 Å². The molecule has 0 saturated carbocycles. The molecule has 4 rings (SSSR count). The maximum absolute atomic E-state index is 12.4. The van der Waals surface area contributed by atoms with Crippen molar-refractivity contribution >= 4 is 23.5 Å². The lowest BCUT2D eigenvalue weighted by Crippen LogP contribution is -2.35. The van der Waals surface area contributed by atoms with Crippen LogP contribution in [0.2, 0.25) is 0 Å². The van der Waals surface area contributed by atoms with Crippen LogP contribution in [-0.4, -0.2) is 48.1 Å². The van der Waals surface area contributed by atoms with Gasteiger partial charge in [0.05, 0.1) is 18.1 Å². The van der Waals surface area contributed by atoms with Gasteiger partial charge in [-0.3, -0.25) is 4.79 Å². The van der Waals surface area contributed by atoms with Crippen LogP contribution in [0, 0.1) is 0 Å². The van der Waals surface area contributed by atoms with E-state index in [1.165, 1.54) is 6.26 Å². The molecule has 2 amide bonds. The third-order valence-corrected chi connectivity index (χ3v) is 5.03. The molecule has 3 aromatic rings. The lowest BCUT2D eigenvalue weighted by molar-refractivity contribution is 0.0982. The van der Waals surface area contributed by atoms with E-state index in [0.29, 0.717) is 25.3 Å². The molecule has 2 aromatic heterocycles. The number of ether oxygens (including phenoxy) is 1. The number of hydrogen-bond donors (Lipinski definition) is 1. The fraction of sp³-hybridized carbons (Fsp3) is 0.261. The summed E-state index contributed by atoms with van der Waals surface area (Å²) in [6.45, 7) is 2.92. The summed E-state index contributed by atoms with van der Waals surface area (Å²) in [7, 11) is 0. The number of benzene rings is 1. The SMILES string of the molecule is O=C(Nc1ccc(N2CCCN(C(=O)OCc3ccccc3)CC2)nc1)c1ccco1. The topological polar surface area (TPSA) is 87.9 Å². The van der Waals surface area contributed by atoms with E-state index in [-0.39, 0.29) is 24.4 Å². The standard InChI is InChI=1S/C23H24N4O4/c28-22(20-8-4-15-30-20)25-19-9-10-21(24-16-19)26-11-5-12-27(14-13-26)23(29)31-17-18-6-2-1-3-7-18/h1-4,6-10,15-16H,5,11-14,17H2,(H,25,28). The second kappa shape index (κ2) is 9.80. The molecule has 1 aromatic carbocycles. The summed E-state index contributed by atoms with van der Waals surface area (Å²) in [6.07, 6.45) is 3.59. The first kappa shape index (κ1) is 20.5. The first-order chi connectivity index (χ1) is 15.2. The number of carbonyl (C=O) groups is 2. The number of amides is 2. The van der Waals surface area contributed by atoms with Crippen LogP contribution in [0.1, 0.15) is 22.5 Å². The van der Waals surface area contributed by atoms with Crippen molar-refractivity contribution in [2.45, 2.75) is 13.0 Å². The minimum Gasteiger partial charge on any atom is -0.459 e. The molecule has 0 aliphatic carbocycles.